The van der Waals surface area contributed by atoms with Gasteiger partial charge in [-0.3, -0.25) is 9.59 Å². The molecule has 0 bridgehead atoms. The molecular weight excluding hydrogens is 278 g/mol. The van der Waals surface area contributed by atoms with Crippen LogP contribution in [0.1, 0.15) is 20.3 Å². The zero-order valence-corrected chi connectivity index (χ0v) is 12.6. The van der Waals surface area contributed by atoms with Gasteiger partial charge in [0.2, 0.25) is 5.91 Å². The summed E-state index contributed by atoms with van der Waals surface area (Å²) in [5.41, 5.74) is -0.711. The predicted octanol–water partition coefficient (Wildman–Crippen LogP) is -0.356. The van der Waals surface area contributed by atoms with Crippen LogP contribution in [0.4, 0.5) is 4.79 Å². The molecule has 0 spiro atoms. The second-order valence-electron chi connectivity index (χ2n) is 5.66. The van der Waals surface area contributed by atoms with E-state index in [2.05, 4.69) is 10.6 Å². The van der Waals surface area contributed by atoms with Gasteiger partial charge in [0, 0.05) is 26.7 Å². The van der Waals surface area contributed by atoms with Crippen LogP contribution in [0.5, 0.6) is 0 Å². The summed E-state index contributed by atoms with van der Waals surface area (Å²) in [5, 5.41) is 14.0. The Hall–Kier alpha value is -1.83. The number of urea groups is 1. The van der Waals surface area contributed by atoms with E-state index in [1.165, 1.54) is 4.90 Å². The van der Waals surface area contributed by atoms with Crippen LogP contribution < -0.4 is 10.6 Å². The molecule has 1 saturated heterocycles. The van der Waals surface area contributed by atoms with Gasteiger partial charge in [-0.2, -0.15) is 0 Å². The third-order valence-electron chi connectivity index (χ3n) is 3.35. The van der Waals surface area contributed by atoms with Gasteiger partial charge < -0.3 is 25.4 Å². The summed E-state index contributed by atoms with van der Waals surface area (Å²) in [4.78, 5) is 35.9. The zero-order valence-electron chi connectivity index (χ0n) is 12.6. The van der Waals surface area contributed by atoms with Crippen LogP contribution in [0.15, 0.2) is 0 Å². The Morgan fingerprint density at radius 3 is 2.62 bits per heavy atom. The summed E-state index contributed by atoms with van der Waals surface area (Å²) in [7, 11) is 1.55. The predicted molar refractivity (Wildman–Crippen MR) is 74.8 cm³/mol. The van der Waals surface area contributed by atoms with Crippen molar-refractivity contribution in [2.45, 2.75) is 26.4 Å². The second kappa shape index (κ2) is 7.26. The number of carboxylic acids is 1. The lowest BCUT2D eigenvalue weighted by atomic mass is 9.92. The van der Waals surface area contributed by atoms with Gasteiger partial charge >= 0.3 is 12.0 Å². The van der Waals surface area contributed by atoms with Crippen molar-refractivity contribution in [2.24, 2.45) is 5.41 Å². The van der Waals surface area contributed by atoms with E-state index >= 15 is 0 Å². The summed E-state index contributed by atoms with van der Waals surface area (Å²) in [5.74, 6) is -1.11. The van der Waals surface area contributed by atoms with Crippen molar-refractivity contribution in [3.05, 3.63) is 0 Å². The summed E-state index contributed by atoms with van der Waals surface area (Å²) < 4.78 is 5.30. The molecule has 1 aliphatic rings. The molecule has 0 aromatic heterocycles. The van der Waals surface area contributed by atoms with Crippen molar-refractivity contribution >= 4 is 17.9 Å². The monoisotopic (exact) mass is 301 g/mol. The van der Waals surface area contributed by atoms with Crippen LogP contribution in [0.25, 0.3) is 0 Å². The lowest BCUT2D eigenvalue weighted by Crippen LogP contribution is -2.52. The Balaban J connectivity index is 2.48. The lowest BCUT2D eigenvalue weighted by Gasteiger charge is -2.33. The van der Waals surface area contributed by atoms with Crippen LogP contribution >= 0.6 is 0 Å². The third kappa shape index (κ3) is 5.22. The van der Waals surface area contributed by atoms with Crippen molar-refractivity contribution in [1.29, 1.82) is 0 Å². The number of amides is 3. The standard InChI is InChI=1S/C13H23N3O5/c1-13(2,11(19)14-3)8-15-12(20)16-4-5-21-9(7-16)6-10(17)18/h9H,4-8H2,1-3H3,(H,14,19)(H,15,20)(H,17,18). The number of carbonyl (C=O) groups excluding carboxylic acids is 2. The highest BCUT2D eigenvalue weighted by atomic mass is 16.5. The molecule has 21 heavy (non-hydrogen) atoms. The fourth-order valence-corrected chi connectivity index (χ4v) is 2.05. The van der Waals surface area contributed by atoms with Gasteiger partial charge in [0.1, 0.15) is 0 Å². The number of nitrogens with one attached hydrogen (secondary N) is 2. The molecule has 1 unspecified atom stereocenters. The zero-order chi connectivity index (χ0) is 16.0. The van der Waals surface area contributed by atoms with E-state index in [-0.39, 0.29) is 31.4 Å². The molecule has 1 rings (SSSR count). The number of hydrogen-bond donors (Lipinski definition) is 3. The van der Waals surface area contributed by atoms with Gasteiger partial charge in [0.05, 0.1) is 24.5 Å². The number of carbonyl (C=O) groups is 3. The Morgan fingerprint density at radius 2 is 2.05 bits per heavy atom. The van der Waals surface area contributed by atoms with Crippen molar-refractivity contribution in [3.63, 3.8) is 0 Å². The number of carboxylic acid groups (broad SMARTS) is 1. The smallest absolute Gasteiger partial charge is 0.317 e. The quantitative estimate of drug-likeness (QED) is 0.643. The minimum absolute atomic E-state index is 0.131. The average Bonchev–Trinajstić information content (AvgIpc) is 2.43. The minimum atomic E-state index is -0.956. The van der Waals surface area contributed by atoms with E-state index in [0.717, 1.165) is 0 Å². The highest BCUT2D eigenvalue weighted by Crippen LogP contribution is 2.14. The van der Waals surface area contributed by atoms with Gasteiger partial charge in [0.25, 0.3) is 0 Å². The van der Waals surface area contributed by atoms with Crippen LogP contribution in [0, 0.1) is 5.41 Å². The molecule has 1 fully saturated rings. The topological polar surface area (TPSA) is 108 Å². The normalized spacial score (nSPS) is 19.0. The fourth-order valence-electron chi connectivity index (χ4n) is 2.05. The molecule has 3 amide bonds. The summed E-state index contributed by atoms with van der Waals surface area (Å²) in [6, 6.07) is -0.314. The molecule has 120 valence electrons. The summed E-state index contributed by atoms with van der Waals surface area (Å²) >= 11 is 0. The van der Waals surface area contributed by atoms with E-state index in [9.17, 15) is 14.4 Å². The number of hydrogen-bond acceptors (Lipinski definition) is 4. The van der Waals surface area contributed by atoms with Gasteiger partial charge in [-0.15, -0.1) is 0 Å². The van der Waals surface area contributed by atoms with E-state index in [0.29, 0.717) is 13.2 Å². The Morgan fingerprint density at radius 1 is 1.38 bits per heavy atom. The molecule has 3 N–H and O–H groups in total. The Bertz CT molecular complexity index is 411. The van der Waals surface area contributed by atoms with E-state index < -0.39 is 17.5 Å². The molecule has 8 nitrogen and oxygen atoms in total. The van der Waals surface area contributed by atoms with Gasteiger partial charge in [-0.05, 0) is 13.8 Å². The molecule has 0 aromatic carbocycles. The maximum atomic E-state index is 12.1. The molecule has 0 radical (unpaired) electrons. The molecule has 0 aliphatic carbocycles. The van der Waals surface area contributed by atoms with E-state index in [1.54, 1.807) is 20.9 Å². The minimum Gasteiger partial charge on any atom is -0.481 e. The molecule has 8 heteroatoms. The van der Waals surface area contributed by atoms with Crippen molar-refractivity contribution < 1.29 is 24.2 Å². The van der Waals surface area contributed by atoms with Crippen molar-refractivity contribution in [2.75, 3.05) is 33.3 Å². The number of nitrogens with zero attached hydrogens (tertiary/aromatic N) is 1. The van der Waals surface area contributed by atoms with Crippen molar-refractivity contribution in [3.8, 4) is 0 Å². The second-order valence-corrected chi connectivity index (χ2v) is 5.66. The van der Waals surface area contributed by atoms with Crippen LogP contribution in [0.3, 0.4) is 0 Å². The lowest BCUT2D eigenvalue weighted by molar-refractivity contribution is -0.141. The fraction of sp³-hybridized carbons (Fsp3) is 0.769. The first-order chi connectivity index (χ1) is 9.76. The Kier molecular flexibility index (Phi) is 5.95. The van der Waals surface area contributed by atoms with Crippen LogP contribution in [-0.4, -0.2) is 67.3 Å². The molecule has 1 heterocycles. The number of ether oxygens (including phenoxy) is 1. The van der Waals surface area contributed by atoms with Gasteiger partial charge in [0.15, 0.2) is 0 Å². The summed E-state index contributed by atoms with van der Waals surface area (Å²) in [6.45, 7) is 4.62. The van der Waals surface area contributed by atoms with E-state index in [4.69, 9.17) is 9.84 Å². The molecule has 0 aromatic rings. The SMILES string of the molecule is CNC(=O)C(C)(C)CNC(=O)N1CCOC(CC(=O)O)C1. The number of rotatable bonds is 5. The number of aliphatic carboxylic acids is 1. The van der Waals surface area contributed by atoms with Crippen LogP contribution in [-0.2, 0) is 14.3 Å². The Labute approximate surface area is 123 Å². The first kappa shape index (κ1) is 17.2. The third-order valence-corrected chi connectivity index (χ3v) is 3.35. The highest BCUT2D eigenvalue weighted by molar-refractivity contribution is 5.83. The van der Waals surface area contributed by atoms with Crippen molar-refractivity contribution in [1.82, 2.24) is 15.5 Å². The average molecular weight is 301 g/mol. The largest absolute Gasteiger partial charge is 0.481 e. The first-order valence-corrected chi connectivity index (χ1v) is 6.84. The van der Waals surface area contributed by atoms with Gasteiger partial charge in [-0.1, -0.05) is 0 Å². The van der Waals surface area contributed by atoms with Gasteiger partial charge in [-0.25, -0.2) is 4.79 Å². The first-order valence-electron chi connectivity index (χ1n) is 6.84. The molecule has 1 aliphatic heterocycles. The van der Waals surface area contributed by atoms with Crippen LogP contribution in [0.2, 0.25) is 0 Å². The maximum absolute atomic E-state index is 12.1. The highest BCUT2D eigenvalue weighted by Gasteiger charge is 2.30. The van der Waals surface area contributed by atoms with E-state index in [1.807, 2.05) is 0 Å². The molecule has 0 saturated carbocycles. The molecular formula is C13H23N3O5. The molecule has 1 atom stereocenters. The maximum Gasteiger partial charge on any atom is 0.317 e. The summed E-state index contributed by atoms with van der Waals surface area (Å²) in [6.07, 6.45) is -0.623. The number of morpholine rings is 1.